The summed E-state index contributed by atoms with van der Waals surface area (Å²) >= 11 is 4.41. The van der Waals surface area contributed by atoms with E-state index in [1.54, 1.807) is 11.4 Å². The molecule has 0 radical (unpaired) electrons. The van der Waals surface area contributed by atoms with Crippen LogP contribution in [0.25, 0.3) is 0 Å². The molecule has 1 aliphatic rings. The summed E-state index contributed by atoms with van der Waals surface area (Å²) in [5.41, 5.74) is -0.828. The van der Waals surface area contributed by atoms with Crippen LogP contribution in [0.2, 0.25) is 0 Å². The van der Waals surface area contributed by atoms with Gasteiger partial charge in [0, 0.05) is 17.6 Å². The first-order valence-corrected chi connectivity index (χ1v) is 8.46. The van der Waals surface area contributed by atoms with E-state index >= 15 is 0 Å². The first-order chi connectivity index (χ1) is 7.89. The summed E-state index contributed by atoms with van der Waals surface area (Å²) in [4.78, 5) is 0. The Balaban J connectivity index is 2.14. The molecule has 0 unspecified atom stereocenters. The second-order valence-corrected chi connectivity index (χ2v) is 8.21. The SMILES string of the molecule is CCCC1(O)CN(S(=O)(=O)c2sccc2Br)C1. The van der Waals surface area contributed by atoms with E-state index in [0.717, 1.165) is 6.42 Å². The third-order valence-electron chi connectivity index (χ3n) is 2.82. The number of thiophene rings is 1. The van der Waals surface area contributed by atoms with Gasteiger partial charge in [-0.15, -0.1) is 11.3 Å². The molecule has 1 aromatic rings. The van der Waals surface area contributed by atoms with Crippen molar-refractivity contribution >= 4 is 37.3 Å². The maximum Gasteiger partial charge on any atom is 0.253 e. The van der Waals surface area contributed by atoms with Gasteiger partial charge in [-0.3, -0.25) is 0 Å². The van der Waals surface area contributed by atoms with E-state index < -0.39 is 15.6 Å². The maximum absolute atomic E-state index is 12.2. The van der Waals surface area contributed by atoms with Gasteiger partial charge in [0.05, 0.1) is 5.60 Å². The molecule has 0 atom stereocenters. The lowest BCUT2D eigenvalue weighted by atomic mass is 9.92. The molecule has 1 saturated heterocycles. The van der Waals surface area contributed by atoms with Gasteiger partial charge >= 0.3 is 0 Å². The predicted molar refractivity (Wildman–Crippen MR) is 70.6 cm³/mol. The minimum atomic E-state index is -3.43. The number of rotatable bonds is 4. The van der Waals surface area contributed by atoms with E-state index in [0.29, 0.717) is 15.1 Å². The van der Waals surface area contributed by atoms with Gasteiger partial charge in [0.2, 0.25) is 0 Å². The molecule has 0 bridgehead atoms. The van der Waals surface area contributed by atoms with Gasteiger partial charge in [0.15, 0.2) is 0 Å². The van der Waals surface area contributed by atoms with Gasteiger partial charge in [0.1, 0.15) is 4.21 Å². The largest absolute Gasteiger partial charge is 0.387 e. The summed E-state index contributed by atoms with van der Waals surface area (Å²) in [6, 6.07) is 1.72. The summed E-state index contributed by atoms with van der Waals surface area (Å²) < 4.78 is 26.6. The van der Waals surface area contributed by atoms with Crippen molar-refractivity contribution in [2.24, 2.45) is 0 Å². The minimum Gasteiger partial charge on any atom is -0.387 e. The number of hydrogen-bond acceptors (Lipinski definition) is 4. The van der Waals surface area contributed by atoms with Gasteiger partial charge in [-0.25, -0.2) is 8.42 Å². The summed E-state index contributed by atoms with van der Waals surface area (Å²) in [7, 11) is -3.43. The van der Waals surface area contributed by atoms with E-state index in [2.05, 4.69) is 15.9 Å². The van der Waals surface area contributed by atoms with Crippen LogP contribution in [-0.4, -0.2) is 36.5 Å². The average molecular weight is 340 g/mol. The summed E-state index contributed by atoms with van der Waals surface area (Å²) in [6.45, 7) is 2.38. The van der Waals surface area contributed by atoms with Crippen molar-refractivity contribution in [2.75, 3.05) is 13.1 Å². The molecular formula is C10H14BrNO3S2. The van der Waals surface area contributed by atoms with Crippen molar-refractivity contribution in [1.82, 2.24) is 4.31 Å². The normalized spacial score (nSPS) is 20.2. The summed E-state index contributed by atoms with van der Waals surface area (Å²) in [5.74, 6) is 0. The molecule has 0 aromatic carbocycles. The predicted octanol–water partition coefficient (Wildman–Crippen LogP) is 2.05. The van der Waals surface area contributed by atoms with Crippen molar-refractivity contribution in [1.29, 1.82) is 0 Å². The van der Waals surface area contributed by atoms with Crippen molar-refractivity contribution in [3.63, 3.8) is 0 Å². The molecule has 0 amide bonds. The van der Waals surface area contributed by atoms with E-state index in [1.807, 2.05) is 6.92 Å². The molecule has 2 heterocycles. The number of sulfonamides is 1. The number of nitrogens with zero attached hydrogens (tertiary/aromatic N) is 1. The molecule has 2 rings (SSSR count). The highest BCUT2D eigenvalue weighted by Gasteiger charge is 2.47. The minimum absolute atomic E-state index is 0.202. The monoisotopic (exact) mass is 339 g/mol. The Bertz CT molecular complexity index is 505. The molecule has 96 valence electrons. The van der Waals surface area contributed by atoms with Gasteiger partial charge in [-0.05, 0) is 33.8 Å². The fourth-order valence-electron chi connectivity index (χ4n) is 1.98. The van der Waals surface area contributed by atoms with E-state index in [4.69, 9.17) is 0 Å². The fraction of sp³-hybridized carbons (Fsp3) is 0.600. The Kier molecular flexibility index (Phi) is 3.66. The zero-order valence-corrected chi connectivity index (χ0v) is 12.6. The molecule has 1 aliphatic heterocycles. The highest BCUT2D eigenvalue weighted by atomic mass is 79.9. The van der Waals surface area contributed by atoms with Crippen molar-refractivity contribution in [2.45, 2.75) is 29.6 Å². The molecule has 4 nitrogen and oxygen atoms in total. The molecule has 1 aromatic heterocycles. The van der Waals surface area contributed by atoms with Crippen LogP contribution in [0.15, 0.2) is 20.1 Å². The topological polar surface area (TPSA) is 57.6 Å². The summed E-state index contributed by atoms with van der Waals surface area (Å²) in [5, 5.41) is 11.7. The molecule has 17 heavy (non-hydrogen) atoms. The van der Waals surface area contributed by atoms with Gasteiger partial charge < -0.3 is 5.11 Å². The Morgan fingerprint density at radius 3 is 2.71 bits per heavy atom. The molecular weight excluding hydrogens is 326 g/mol. The van der Waals surface area contributed by atoms with Crippen LogP contribution in [0, 0.1) is 0 Å². The third kappa shape index (κ3) is 2.44. The van der Waals surface area contributed by atoms with Crippen LogP contribution in [0.5, 0.6) is 0 Å². The van der Waals surface area contributed by atoms with Gasteiger partial charge in [-0.2, -0.15) is 4.31 Å². The second-order valence-electron chi connectivity index (χ2n) is 4.30. The number of halogens is 1. The first-order valence-electron chi connectivity index (χ1n) is 5.34. The smallest absolute Gasteiger partial charge is 0.253 e. The Morgan fingerprint density at radius 1 is 1.59 bits per heavy atom. The van der Waals surface area contributed by atoms with Crippen LogP contribution in [0.1, 0.15) is 19.8 Å². The molecule has 1 fully saturated rings. The standard InChI is InChI=1S/C10H14BrNO3S2/c1-2-4-10(13)6-12(7-10)17(14,15)9-8(11)3-5-16-9/h3,5,13H,2,4,6-7H2,1H3. The Morgan fingerprint density at radius 2 is 2.24 bits per heavy atom. The highest BCUT2D eigenvalue weighted by Crippen LogP contribution is 2.36. The molecule has 7 heteroatoms. The average Bonchev–Trinajstić information content (AvgIpc) is 2.61. The second kappa shape index (κ2) is 4.62. The maximum atomic E-state index is 12.2. The fourth-order valence-corrected chi connectivity index (χ4v) is 6.03. The lowest BCUT2D eigenvalue weighted by Crippen LogP contribution is -2.63. The van der Waals surface area contributed by atoms with Crippen LogP contribution < -0.4 is 0 Å². The third-order valence-corrected chi connectivity index (χ3v) is 7.25. The van der Waals surface area contributed by atoms with Crippen LogP contribution >= 0.6 is 27.3 Å². The quantitative estimate of drug-likeness (QED) is 0.913. The lowest BCUT2D eigenvalue weighted by molar-refractivity contribution is -0.0652. The number of β-amino-alcohol motifs (C(OH)–C–C–N with tert-alkyl or cyclic N) is 1. The van der Waals surface area contributed by atoms with Crippen molar-refractivity contribution in [3.8, 4) is 0 Å². The molecule has 0 aliphatic carbocycles. The van der Waals surface area contributed by atoms with Gasteiger partial charge in [0.25, 0.3) is 10.0 Å². The highest BCUT2D eigenvalue weighted by molar-refractivity contribution is 9.10. The van der Waals surface area contributed by atoms with E-state index in [1.165, 1.54) is 15.6 Å². The number of aliphatic hydroxyl groups is 1. The lowest BCUT2D eigenvalue weighted by Gasteiger charge is -2.45. The zero-order chi connectivity index (χ0) is 12.7. The van der Waals surface area contributed by atoms with Gasteiger partial charge in [-0.1, -0.05) is 13.3 Å². The Hall–Kier alpha value is 0.0500. The number of hydrogen-bond donors (Lipinski definition) is 1. The Labute approximate surface area is 113 Å². The van der Waals surface area contributed by atoms with E-state index in [-0.39, 0.29) is 13.1 Å². The first kappa shape index (κ1) is 13.5. The zero-order valence-electron chi connectivity index (χ0n) is 9.39. The molecule has 0 saturated carbocycles. The molecule has 0 spiro atoms. The van der Waals surface area contributed by atoms with Crippen LogP contribution in [0.3, 0.4) is 0 Å². The molecule has 1 N–H and O–H groups in total. The summed E-state index contributed by atoms with van der Waals surface area (Å²) in [6.07, 6.45) is 1.50. The van der Waals surface area contributed by atoms with Crippen molar-refractivity contribution < 1.29 is 13.5 Å². The van der Waals surface area contributed by atoms with Crippen LogP contribution in [0.4, 0.5) is 0 Å². The van der Waals surface area contributed by atoms with Crippen LogP contribution in [-0.2, 0) is 10.0 Å². The van der Waals surface area contributed by atoms with Crippen molar-refractivity contribution in [3.05, 3.63) is 15.9 Å². The van der Waals surface area contributed by atoms with E-state index in [9.17, 15) is 13.5 Å².